The van der Waals surface area contributed by atoms with E-state index in [1.54, 1.807) is 14.2 Å². The van der Waals surface area contributed by atoms with Crippen LogP contribution in [0.15, 0.2) is 0 Å². The van der Waals surface area contributed by atoms with Gasteiger partial charge in [-0.15, -0.1) is 5.92 Å². The van der Waals surface area contributed by atoms with Gasteiger partial charge in [0, 0.05) is 20.6 Å². The Morgan fingerprint density at radius 2 is 1.71 bits per heavy atom. The van der Waals surface area contributed by atoms with Crippen molar-refractivity contribution in [2.75, 3.05) is 14.2 Å². The van der Waals surface area contributed by atoms with E-state index in [0.29, 0.717) is 6.42 Å². The monoisotopic (exact) mass is 276 g/mol. The molecule has 0 spiro atoms. The van der Waals surface area contributed by atoms with E-state index < -0.39 is 0 Å². The van der Waals surface area contributed by atoms with Crippen LogP contribution in [-0.4, -0.2) is 26.8 Å². The Hall–Kier alpha value is 0.694. The van der Waals surface area contributed by atoms with E-state index in [-0.39, 0.29) is 50.3 Å². The zero-order valence-electron chi connectivity index (χ0n) is 9.66. The Morgan fingerprint density at radius 1 is 1.29 bits per heavy atom. The summed E-state index contributed by atoms with van der Waals surface area (Å²) in [6.07, 6.45) is 2.44. The standard InChI is InChI=1S/C10H19O3.Y/c1-8(7-11)10(2,3)6-9(12-4)13-5;/h8-9H,6H2,1-5H3;/q-1;+3. The molecule has 0 aromatic rings. The van der Waals surface area contributed by atoms with Crippen molar-refractivity contribution in [3.8, 4) is 0 Å². The summed E-state index contributed by atoms with van der Waals surface area (Å²) in [4.78, 5) is 10.5. The summed E-state index contributed by atoms with van der Waals surface area (Å²) in [5.74, 6) is -0.111. The molecular formula is C10H19O3Y+2. The van der Waals surface area contributed by atoms with Crippen LogP contribution in [0.4, 0.5) is 0 Å². The number of rotatable bonds is 6. The van der Waals surface area contributed by atoms with Crippen molar-refractivity contribution < 1.29 is 47.0 Å². The minimum absolute atomic E-state index is 0. The maximum absolute atomic E-state index is 10.5. The minimum Gasteiger partial charge on any atom is -0.542 e. The van der Waals surface area contributed by atoms with Crippen LogP contribution in [0.5, 0.6) is 0 Å². The molecule has 0 rings (SSSR count). The van der Waals surface area contributed by atoms with Gasteiger partial charge in [-0.05, 0) is 0 Å². The summed E-state index contributed by atoms with van der Waals surface area (Å²) in [7, 11) is 3.19. The van der Waals surface area contributed by atoms with Gasteiger partial charge < -0.3 is 14.3 Å². The third kappa shape index (κ3) is 5.54. The fourth-order valence-corrected chi connectivity index (χ4v) is 1.03. The summed E-state index contributed by atoms with van der Waals surface area (Å²) < 4.78 is 10.2. The van der Waals surface area contributed by atoms with E-state index in [1.807, 2.05) is 27.1 Å². The molecule has 0 aliphatic heterocycles. The van der Waals surface area contributed by atoms with Crippen LogP contribution in [0.25, 0.3) is 0 Å². The van der Waals surface area contributed by atoms with Crippen LogP contribution in [0.1, 0.15) is 27.2 Å². The van der Waals surface area contributed by atoms with Crippen molar-refractivity contribution in [1.82, 2.24) is 0 Å². The van der Waals surface area contributed by atoms with Crippen molar-refractivity contribution in [2.45, 2.75) is 33.5 Å². The van der Waals surface area contributed by atoms with E-state index in [4.69, 9.17) is 9.47 Å². The third-order valence-electron chi connectivity index (χ3n) is 2.57. The maximum Gasteiger partial charge on any atom is 3.00 e. The SMILES string of the molecule is COC(CC(C)(C)C(C)[C-]=O)OC.[Y+3]. The number of carbonyl (C=O) groups excluding carboxylic acids is 1. The summed E-state index contributed by atoms with van der Waals surface area (Å²) in [6, 6.07) is 0. The van der Waals surface area contributed by atoms with Crippen molar-refractivity contribution >= 4 is 6.29 Å². The van der Waals surface area contributed by atoms with Gasteiger partial charge in [0.05, 0.1) is 0 Å². The van der Waals surface area contributed by atoms with Crippen molar-refractivity contribution in [2.24, 2.45) is 11.3 Å². The predicted molar refractivity (Wildman–Crippen MR) is 51.1 cm³/mol. The molecule has 3 nitrogen and oxygen atoms in total. The molecule has 14 heavy (non-hydrogen) atoms. The van der Waals surface area contributed by atoms with E-state index in [0.717, 1.165) is 0 Å². The third-order valence-corrected chi connectivity index (χ3v) is 2.57. The molecule has 0 aromatic heterocycles. The van der Waals surface area contributed by atoms with Gasteiger partial charge in [-0.3, -0.25) is 6.29 Å². The summed E-state index contributed by atoms with van der Waals surface area (Å²) in [6.45, 7) is 5.87. The number of hydrogen-bond donors (Lipinski definition) is 0. The maximum atomic E-state index is 10.5. The molecule has 78 valence electrons. The second-order valence-corrected chi connectivity index (χ2v) is 3.93. The molecule has 0 bridgehead atoms. The molecule has 0 heterocycles. The number of methoxy groups -OCH3 is 2. The van der Waals surface area contributed by atoms with E-state index in [9.17, 15) is 4.79 Å². The quantitative estimate of drug-likeness (QED) is 0.548. The van der Waals surface area contributed by atoms with Crippen LogP contribution >= 0.6 is 0 Å². The summed E-state index contributed by atoms with van der Waals surface area (Å²) >= 11 is 0. The van der Waals surface area contributed by atoms with Gasteiger partial charge in [-0.1, -0.05) is 26.2 Å². The fourth-order valence-electron chi connectivity index (χ4n) is 1.03. The molecule has 1 atom stereocenters. The zero-order chi connectivity index (χ0) is 10.5. The second-order valence-electron chi connectivity index (χ2n) is 3.93. The summed E-state index contributed by atoms with van der Waals surface area (Å²) in [5.41, 5.74) is -0.140. The molecule has 0 saturated heterocycles. The first-order valence-corrected chi connectivity index (χ1v) is 4.41. The Morgan fingerprint density at radius 3 is 2.00 bits per heavy atom. The van der Waals surface area contributed by atoms with E-state index in [1.165, 1.54) is 0 Å². The van der Waals surface area contributed by atoms with Crippen molar-refractivity contribution in [3.05, 3.63) is 0 Å². The number of ether oxygens (including phenoxy) is 2. The summed E-state index contributed by atoms with van der Waals surface area (Å²) in [5, 5.41) is 0. The van der Waals surface area contributed by atoms with Crippen molar-refractivity contribution in [1.29, 1.82) is 0 Å². The van der Waals surface area contributed by atoms with Gasteiger partial charge in [0.1, 0.15) is 0 Å². The Balaban J connectivity index is 0. The van der Waals surface area contributed by atoms with Gasteiger partial charge in [0.25, 0.3) is 0 Å². The molecule has 0 amide bonds. The fraction of sp³-hybridized carbons (Fsp3) is 0.900. The molecule has 0 aliphatic rings. The molecular weight excluding hydrogens is 257 g/mol. The average molecular weight is 276 g/mol. The average Bonchev–Trinajstić information content (AvgIpc) is 2.12. The molecule has 0 aliphatic carbocycles. The van der Waals surface area contributed by atoms with Gasteiger partial charge in [0.15, 0.2) is 6.29 Å². The van der Waals surface area contributed by atoms with Gasteiger partial charge in [-0.25, -0.2) is 0 Å². The Labute approximate surface area is 112 Å². The smallest absolute Gasteiger partial charge is 0.542 e. The first kappa shape index (κ1) is 17.1. The topological polar surface area (TPSA) is 35.5 Å². The van der Waals surface area contributed by atoms with Gasteiger partial charge in [-0.2, -0.15) is 0 Å². The Kier molecular flexibility index (Phi) is 9.67. The van der Waals surface area contributed by atoms with E-state index >= 15 is 0 Å². The second kappa shape index (κ2) is 7.92. The molecule has 4 heteroatoms. The van der Waals surface area contributed by atoms with Crippen LogP contribution in [0.2, 0.25) is 0 Å². The van der Waals surface area contributed by atoms with E-state index in [2.05, 4.69) is 0 Å². The zero-order valence-corrected chi connectivity index (χ0v) is 12.5. The molecule has 1 unspecified atom stereocenters. The normalized spacial score (nSPS) is 13.6. The molecule has 0 radical (unpaired) electrons. The first-order chi connectivity index (χ1) is 5.97. The number of hydrogen-bond acceptors (Lipinski definition) is 3. The Bertz CT molecular complexity index is 155. The molecule has 0 fully saturated rings. The predicted octanol–water partition coefficient (Wildman–Crippen LogP) is 1.76. The molecule has 0 N–H and O–H groups in total. The molecule has 0 saturated carbocycles. The minimum atomic E-state index is -0.245. The van der Waals surface area contributed by atoms with Crippen LogP contribution in [-0.2, 0) is 47.0 Å². The largest absolute Gasteiger partial charge is 3.00 e. The van der Waals surface area contributed by atoms with Crippen LogP contribution in [0.3, 0.4) is 0 Å². The van der Waals surface area contributed by atoms with Crippen molar-refractivity contribution in [3.63, 3.8) is 0 Å². The molecule has 0 aromatic carbocycles. The van der Waals surface area contributed by atoms with Gasteiger partial charge in [0.2, 0.25) is 0 Å². The first-order valence-electron chi connectivity index (χ1n) is 4.41. The van der Waals surface area contributed by atoms with Crippen LogP contribution in [0, 0.1) is 11.3 Å². The van der Waals surface area contributed by atoms with Crippen LogP contribution < -0.4 is 0 Å². The van der Waals surface area contributed by atoms with Gasteiger partial charge >= 0.3 is 32.7 Å².